The molecule has 3 rings (SSSR count). The summed E-state index contributed by atoms with van der Waals surface area (Å²) in [6, 6.07) is 7.64. The van der Waals surface area contributed by atoms with Gasteiger partial charge < -0.3 is 10.0 Å². The largest absolute Gasteiger partial charge is 0.396 e. The Morgan fingerprint density at radius 3 is 2.57 bits per heavy atom. The highest BCUT2D eigenvalue weighted by atomic mass is 19.1. The number of aryl methyl sites for hydroxylation is 2. The Morgan fingerprint density at radius 1 is 1.17 bits per heavy atom. The Kier molecular flexibility index (Phi) is 7.23. The SMILES string of the molecule is Cc1cc(C#CCCCO)cc(C)c1N1CC(Cc2ccc(F)cc2F)CCC1=O. The highest BCUT2D eigenvalue weighted by molar-refractivity contribution is 5.95. The molecule has 0 radical (unpaired) electrons. The highest BCUT2D eigenvalue weighted by Crippen LogP contribution is 2.32. The van der Waals surface area contributed by atoms with Crippen LogP contribution in [0.4, 0.5) is 14.5 Å². The van der Waals surface area contributed by atoms with E-state index in [9.17, 15) is 13.6 Å². The van der Waals surface area contributed by atoms with Gasteiger partial charge in [0, 0.05) is 43.3 Å². The van der Waals surface area contributed by atoms with Gasteiger partial charge in [0.15, 0.2) is 0 Å². The van der Waals surface area contributed by atoms with E-state index >= 15 is 0 Å². The van der Waals surface area contributed by atoms with Crippen LogP contribution in [0.25, 0.3) is 0 Å². The fraction of sp³-hybridized carbons (Fsp3) is 0.400. The van der Waals surface area contributed by atoms with Crippen molar-refractivity contribution in [1.82, 2.24) is 0 Å². The van der Waals surface area contributed by atoms with Crippen molar-refractivity contribution in [2.24, 2.45) is 5.92 Å². The van der Waals surface area contributed by atoms with Crippen molar-refractivity contribution in [3.8, 4) is 11.8 Å². The first-order valence-corrected chi connectivity index (χ1v) is 10.3. The summed E-state index contributed by atoms with van der Waals surface area (Å²) < 4.78 is 27.3. The zero-order valence-corrected chi connectivity index (χ0v) is 17.5. The summed E-state index contributed by atoms with van der Waals surface area (Å²) in [6.45, 7) is 4.58. The molecule has 1 fully saturated rings. The number of carbonyl (C=O) groups is 1. The quantitative estimate of drug-likeness (QED) is 0.573. The van der Waals surface area contributed by atoms with Crippen molar-refractivity contribution in [3.05, 3.63) is 64.2 Å². The minimum atomic E-state index is -0.581. The second-order valence-electron chi connectivity index (χ2n) is 7.94. The molecule has 1 aliphatic heterocycles. The maximum absolute atomic E-state index is 14.1. The van der Waals surface area contributed by atoms with Gasteiger partial charge in [-0.3, -0.25) is 4.79 Å². The molecule has 1 amide bonds. The second kappa shape index (κ2) is 9.86. The van der Waals surface area contributed by atoms with Crippen LogP contribution in [-0.2, 0) is 11.2 Å². The number of rotatable bonds is 5. The standard InChI is InChI=1S/C25H27F2NO2/c1-17-12-19(6-4-3-5-11-29)13-18(2)25(17)28-16-20(7-10-24(28)30)14-21-8-9-22(26)15-23(21)27/h8-9,12-13,15,20,29H,3,5,7,10-11,14,16H2,1-2H3. The summed E-state index contributed by atoms with van der Waals surface area (Å²) >= 11 is 0. The van der Waals surface area contributed by atoms with E-state index < -0.39 is 11.6 Å². The minimum absolute atomic E-state index is 0.0683. The van der Waals surface area contributed by atoms with Crippen molar-refractivity contribution >= 4 is 11.6 Å². The van der Waals surface area contributed by atoms with Crippen LogP contribution in [-0.4, -0.2) is 24.2 Å². The van der Waals surface area contributed by atoms with Gasteiger partial charge in [0.2, 0.25) is 5.91 Å². The van der Waals surface area contributed by atoms with Gasteiger partial charge in [-0.2, -0.15) is 0 Å². The summed E-state index contributed by atoms with van der Waals surface area (Å²) in [5.41, 5.74) is 4.22. The Bertz CT molecular complexity index is 967. The van der Waals surface area contributed by atoms with Crippen molar-refractivity contribution in [2.45, 2.75) is 46.0 Å². The van der Waals surface area contributed by atoms with E-state index in [0.717, 1.165) is 28.4 Å². The van der Waals surface area contributed by atoms with Crippen LogP contribution >= 0.6 is 0 Å². The molecule has 2 aromatic carbocycles. The predicted molar refractivity (Wildman–Crippen MR) is 114 cm³/mol. The van der Waals surface area contributed by atoms with Crippen molar-refractivity contribution in [2.75, 3.05) is 18.1 Å². The molecule has 0 aromatic heterocycles. The van der Waals surface area contributed by atoms with Crippen molar-refractivity contribution < 1.29 is 18.7 Å². The minimum Gasteiger partial charge on any atom is -0.396 e. The smallest absolute Gasteiger partial charge is 0.227 e. The number of unbranched alkanes of at least 4 members (excludes halogenated alkanes) is 1. The molecule has 1 unspecified atom stereocenters. The zero-order chi connectivity index (χ0) is 21.7. The molecule has 0 saturated carbocycles. The summed E-state index contributed by atoms with van der Waals surface area (Å²) in [6.07, 6.45) is 2.88. The fourth-order valence-electron chi connectivity index (χ4n) is 4.08. The number of piperidine rings is 1. The number of aliphatic hydroxyl groups excluding tert-OH is 1. The lowest BCUT2D eigenvalue weighted by atomic mass is 9.89. The van der Waals surface area contributed by atoms with E-state index in [1.807, 2.05) is 30.9 Å². The third-order valence-electron chi connectivity index (χ3n) is 5.49. The average molecular weight is 411 g/mol. The summed E-state index contributed by atoms with van der Waals surface area (Å²) in [7, 11) is 0. The molecule has 5 heteroatoms. The number of benzene rings is 2. The lowest BCUT2D eigenvalue weighted by molar-refractivity contribution is -0.120. The van der Waals surface area contributed by atoms with Crippen LogP contribution in [0.3, 0.4) is 0 Å². The van der Waals surface area contributed by atoms with E-state index in [0.29, 0.717) is 44.2 Å². The second-order valence-corrected chi connectivity index (χ2v) is 7.94. The molecular formula is C25H27F2NO2. The normalized spacial score (nSPS) is 16.4. The number of nitrogens with zero attached hydrogens (tertiary/aromatic N) is 1. The van der Waals surface area contributed by atoms with Crippen LogP contribution in [0.5, 0.6) is 0 Å². The van der Waals surface area contributed by atoms with Gasteiger partial charge in [0.1, 0.15) is 11.6 Å². The van der Waals surface area contributed by atoms with E-state index in [4.69, 9.17) is 5.11 Å². The number of amides is 1. The molecule has 1 N–H and O–H groups in total. The summed E-state index contributed by atoms with van der Waals surface area (Å²) in [5.74, 6) is 5.24. The van der Waals surface area contributed by atoms with Gasteiger partial charge in [-0.1, -0.05) is 17.9 Å². The fourth-order valence-corrected chi connectivity index (χ4v) is 4.08. The molecule has 0 aliphatic carbocycles. The third kappa shape index (κ3) is 5.25. The molecule has 1 aliphatic rings. The number of halogens is 2. The van der Waals surface area contributed by atoms with Gasteiger partial charge in [0.25, 0.3) is 0 Å². The maximum Gasteiger partial charge on any atom is 0.227 e. The van der Waals surface area contributed by atoms with Gasteiger partial charge in [-0.25, -0.2) is 8.78 Å². The zero-order valence-electron chi connectivity index (χ0n) is 17.5. The molecule has 1 heterocycles. The van der Waals surface area contributed by atoms with E-state index in [1.54, 1.807) is 0 Å². The number of aliphatic hydroxyl groups is 1. The molecule has 1 saturated heterocycles. The highest BCUT2D eigenvalue weighted by Gasteiger charge is 2.29. The van der Waals surface area contributed by atoms with Crippen molar-refractivity contribution in [3.63, 3.8) is 0 Å². The van der Waals surface area contributed by atoms with Crippen LogP contribution in [0.15, 0.2) is 30.3 Å². The molecule has 1 atom stereocenters. The lowest BCUT2D eigenvalue weighted by Gasteiger charge is -2.34. The molecule has 158 valence electrons. The van der Waals surface area contributed by atoms with Gasteiger partial charge in [0.05, 0.1) is 0 Å². The number of hydrogen-bond donors (Lipinski definition) is 1. The molecule has 30 heavy (non-hydrogen) atoms. The van der Waals surface area contributed by atoms with Crippen LogP contribution < -0.4 is 4.90 Å². The molecular weight excluding hydrogens is 384 g/mol. The first kappa shape index (κ1) is 22.0. The van der Waals surface area contributed by atoms with Crippen LogP contribution in [0.1, 0.15) is 47.9 Å². The maximum atomic E-state index is 14.1. The van der Waals surface area contributed by atoms with Crippen molar-refractivity contribution in [1.29, 1.82) is 0 Å². The Hall–Kier alpha value is -2.71. The molecule has 0 bridgehead atoms. The van der Waals surface area contributed by atoms with Gasteiger partial charge in [-0.05, 0) is 73.9 Å². The monoisotopic (exact) mass is 411 g/mol. The number of carbonyl (C=O) groups excluding carboxylic acids is 1. The van der Waals surface area contributed by atoms with Gasteiger partial charge >= 0.3 is 0 Å². The Labute approximate surface area is 176 Å². The topological polar surface area (TPSA) is 40.5 Å². The van der Waals surface area contributed by atoms with E-state index in [2.05, 4.69) is 11.8 Å². The molecule has 0 spiro atoms. The van der Waals surface area contributed by atoms with Crippen LogP contribution in [0.2, 0.25) is 0 Å². The molecule has 3 nitrogen and oxygen atoms in total. The van der Waals surface area contributed by atoms with E-state index in [1.165, 1.54) is 12.1 Å². The Balaban J connectivity index is 1.79. The average Bonchev–Trinajstić information content (AvgIpc) is 2.69. The Morgan fingerprint density at radius 2 is 1.90 bits per heavy atom. The van der Waals surface area contributed by atoms with E-state index in [-0.39, 0.29) is 18.4 Å². The molecule has 2 aromatic rings. The summed E-state index contributed by atoms with van der Waals surface area (Å²) in [4.78, 5) is 14.5. The number of hydrogen-bond acceptors (Lipinski definition) is 2. The predicted octanol–water partition coefficient (Wildman–Crippen LogP) is 4.69. The number of anilines is 1. The first-order valence-electron chi connectivity index (χ1n) is 10.3. The third-order valence-corrected chi connectivity index (χ3v) is 5.49. The van der Waals surface area contributed by atoms with Crippen LogP contribution in [0, 0.1) is 43.2 Å². The van der Waals surface area contributed by atoms with Gasteiger partial charge in [-0.15, -0.1) is 0 Å². The summed E-state index contributed by atoms with van der Waals surface area (Å²) in [5, 5.41) is 8.86. The first-order chi connectivity index (χ1) is 14.4. The lowest BCUT2D eigenvalue weighted by Crippen LogP contribution is -2.41.